The molecular weight excluding hydrogens is 242 g/mol. The minimum Gasteiger partial charge on any atom is -0.310 e. The number of rotatable bonds is 3. The van der Waals surface area contributed by atoms with E-state index >= 15 is 0 Å². The van der Waals surface area contributed by atoms with Gasteiger partial charge in [0.15, 0.2) is 0 Å². The first-order valence-electron chi connectivity index (χ1n) is 7.06. The molecule has 0 aromatic heterocycles. The molecule has 1 aliphatic carbocycles. The Morgan fingerprint density at radius 1 is 1.28 bits per heavy atom. The normalized spacial score (nSPS) is 28.3. The van der Waals surface area contributed by atoms with Gasteiger partial charge in [-0.2, -0.15) is 0 Å². The third kappa shape index (κ3) is 3.27. The molecule has 2 heteroatoms. The summed E-state index contributed by atoms with van der Waals surface area (Å²) in [6.45, 7) is 7.73. The maximum Gasteiger partial charge on any atom is 0.0438 e. The van der Waals surface area contributed by atoms with Crippen LogP contribution in [0.2, 0.25) is 5.02 Å². The molecular formula is C16H24ClN. The summed E-state index contributed by atoms with van der Waals surface area (Å²) in [5.41, 5.74) is 2.44. The molecule has 18 heavy (non-hydrogen) atoms. The highest BCUT2D eigenvalue weighted by molar-refractivity contribution is 6.31. The molecule has 0 radical (unpaired) electrons. The fraction of sp³-hybridized carbons (Fsp3) is 0.625. The molecule has 3 atom stereocenters. The highest BCUT2D eigenvalue weighted by Crippen LogP contribution is 2.29. The van der Waals surface area contributed by atoms with Crippen molar-refractivity contribution in [3.8, 4) is 0 Å². The lowest BCUT2D eigenvalue weighted by Gasteiger charge is -2.34. The van der Waals surface area contributed by atoms with Crippen LogP contribution in [0.15, 0.2) is 18.2 Å². The molecule has 2 rings (SSSR count). The zero-order valence-electron chi connectivity index (χ0n) is 11.7. The van der Waals surface area contributed by atoms with Crippen molar-refractivity contribution in [3.63, 3.8) is 0 Å². The SMILES string of the molecule is Cc1ccc(CNC2CCCC(C)C2C)cc1Cl. The largest absolute Gasteiger partial charge is 0.310 e. The number of hydrogen-bond acceptors (Lipinski definition) is 1. The van der Waals surface area contributed by atoms with Crippen LogP contribution in [0.5, 0.6) is 0 Å². The van der Waals surface area contributed by atoms with Crippen LogP contribution in [0.1, 0.15) is 44.2 Å². The summed E-state index contributed by atoms with van der Waals surface area (Å²) in [6.07, 6.45) is 4.05. The minimum atomic E-state index is 0.661. The smallest absolute Gasteiger partial charge is 0.0438 e. The molecule has 0 bridgehead atoms. The van der Waals surface area contributed by atoms with Crippen LogP contribution >= 0.6 is 11.6 Å². The zero-order chi connectivity index (χ0) is 13.1. The molecule has 3 unspecified atom stereocenters. The summed E-state index contributed by atoms with van der Waals surface area (Å²) < 4.78 is 0. The van der Waals surface area contributed by atoms with Gasteiger partial charge in [-0.3, -0.25) is 0 Å². The Balaban J connectivity index is 1.92. The Labute approximate surface area is 116 Å². The van der Waals surface area contributed by atoms with E-state index in [2.05, 4.69) is 37.4 Å². The third-order valence-electron chi connectivity index (χ3n) is 4.51. The van der Waals surface area contributed by atoms with Crippen LogP contribution in [0, 0.1) is 18.8 Å². The van der Waals surface area contributed by atoms with Crippen molar-refractivity contribution in [2.24, 2.45) is 11.8 Å². The Bertz CT molecular complexity index is 402. The van der Waals surface area contributed by atoms with Gasteiger partial charge in [0, 0.05) is 17.6 Å². The molecule has 0 spiro atoms. The molecule has 1 N–H and O–H groups in total. The maximum absolute atomic E-state index is 6.16. The average molecular weight is 266 g/mol. The topological polar surface area (TPSA) is 12.0 Å². The molecule has 0 heterocycles. The monoisotopic (exact) mass is 265 g/mol. The zero-order valence-corrected chi connectivity index (χ0v) is 12.4. The van der Waals surface area contributed by atoms with Gasteiger partial charge in [0.2, 0.25) is 0 Å². The third-order valence-corrected chi connectivity index (χ3v) is 4.92. The first-order chi connectivity index (χ1) is 8.58. The lowest BCUT2D eigenvalue weighted by Crippen LogP contribution is -2.40. The quantitative estimate of drug-likeness (QED) is 0.845. The van der Waals surface area contributed by atoms with E-state index in [4.69, 9.17) is 11.6 Å². The number of aryl methyl sites for hydroxylation is 1. The standard InChI is InChI=1S/C16H24ClN/c1-11-5-4-6-16(13(11)3)18-10-14-8-7-12(2)15(17)9-14/h7-9,11,13,16,18H,4-6,10H2,1-3H3. The van der Waals surface area contributed by atoms with E-state index in [0.717, 1.165) is 29.0 Å². The summed E-state index contributed by atoms with van der Waals surface area (Å²) >= 11 is 6.16. The minimum absolute atomic E-state index is 0.661. The molecule has 1 aromatic rings. The van der Waals surface area contributed by atoms with Crippen molar-refractivity contribution < 1.29 is 0 Å². The highest BCUT2D eigenvalue weighted by Gasteiger charge is 2.26. The molecule has 1 fully saturated rings. The molecule has 1 nitrogen and oxygen atoms in total. The van der Waals surface area contributed by atoms with Gasteiger partial charge in [0.1, 0.15) is 0 Å². The molecule has 0 aliphatic heterocycles. The second-order valence-corrected chi connectivity index (χ2v) is 6.25. The van der Waals surface area contributed by atoms with Crippen LogP contribution < -0.4 is 5.32 Å². The fourth-order valence-corrected chi connectivity index (χ4v) is 3.07. The number of hydrogen-bond donors (Lipinski definition) is 1. The van der Waals surface area contributed by atoms with Crippen LogP contribution in [0.4, 0.5) is 0 Å². The average Bonchev–Trinajstić information content (AvgIpc) is 2.35. The summed E-state index contributed by atoms with van der Waals surface area (Å²) in [4.78, 5) is 0. The maximum atomic E-state index is 6.16. The molecule has 1 aromatic carbocycles. The van der Waals surface area contributed by atoms with Crippen molar-refractivity contribution in [2.75, 3.05) is 0 Å². The van der Waals surface area contributed by atoms with Crippen LogP contribution in [0.25, 0.3) is 0 Å². The predicted octanol–water partition coefficient (Wildman–Crippen LogP) is 4.56. The molecule has 1 aliphatic rings. The van der Waals surface area contributed by atoms with Crippen molar-refractivity contribution in [1.29, 1.82) is 0 Å². The van der Waals surface area contributed by atoms with Gasteiger partial charge in [0.25, 0.3) is 0 Å². The van der Waals surface area contributed by atoms with Crippen molar-refractivity contribution in [2.45, 2.75) is 52.6 Å². The molecule has 0 amide bonds. The van der Waals surface area contributed by atoms with Gasteiger partial charge in [-0.05, 0) is 42.4 Å². The van der Waals surface area contributed by atoms with Crippen LogP contribution in [-0.4, -0.2) is 6.04 Å². The van der Waals surface area contributed by atoms with E-state index in [1.165, 1.54) is 24.8 Å². The number of nitrogens with one attached hydrogen (secondary N) is 1. The second kappa shape index (κ2) is 6.08. The van der Waals surface area contributed by atoms with E-state index in [1.54, 1.807) is 0 Å². The van der Waals surface area contributed by atoms with Gasteiger partial charge >= 0.3 is 0 Å². The predicted molar refractivity (Wildman–Crippen MR) is 79.0 cm³/mol. The highest BCUT2D eigenvalue weighted by atomic mass is 35.5. The molecule has 1 saturated carbocycles. The van der Waals surface area contributed by atoms with Crippen molar-refractivity contribution >= 4 is 11.6 Å². The van der Waals surface area contributed by atoms with Crippen LogP contribution in [0.3, 0.4) is 0 Å². The summed E-state index contributed by atoms with van der Waals surface area (Å²) in [6, 6.07) is 7.02. The van der Waals surface area contributed by atoms with E-state index in [-0.39, 0.29) is 0 Å². The van der Waals surface area contributed by atoms with Crippen molar-refractivity contribution in [3.05, 3.63) is 34.3 Å². The lowest BCUT2D eigenvalue weighted by atomic mass is 9.78. The van der Waals surface area contributed by atoms with Crippen LogP contribution in [-0.2, 0) is 6.54 Å². The Kier molecular flexibility index (Phi) is 4.69. The van der Waals surface area contributed by atoms with E-state index in [0.29, 0.717) is 6.04 Å². The second-order valence-electron chi connectivity index (χ2n) is 5.84. The Morgan fingerprint density at radius 3 is 2.78 bits per heavy atom. The first-order valence-corrected chi connectivity index (χ1v) is 7.44. The van der Waals surface area contributed by atoms with E-state index in [9.17, 15) is 0 Å². The van der Waals surface area contributed by atoms with Gasteiger partial charge in [0.05, 0.1) is 0 Å². The Hall–Kier alpha value is -0.530. The summed E-state index contributed by atoms with van der Waals surface area (Å²) in [7, 11) is 0. The number of halogens is 1. The fourth-order valence-electron chi connectivity index (χ4n) is 2.87. The van der Waals surface area contributed by atoms with Gasteiger partial charge < -0.3 is 5.32 Å². The van der Waals surface area contributed by atoms with Gasteiger partial charge in [-0.25, -0.2) is 0 Å². The lowest BCUT2D eigenvalue weighted by molar-refractivity contribution is 0.206. The summed E-state index contributed by atoms with van der Waals surface area (Å²) in [5, 5.41) is 4.58. The first kappa shape index (κ1) is 13.9. The van der Waals surface area contributed by atoms with E-state index in [1.807, 2.05) is 6.92 Å². The van der Waals surface area contributed by atoms with Gasteiger partial charge in [-0.15, -0.1) is 0 Å². The molecule has 100 valence electrons. The van der Waals surface area contributed by atoms with Gasteiger partial charge in [-0.1, -0.05) is 50.4 Å². The summed E-state index contributed by atoms with van der Waals surface area (Å²) in [5.74, 6) is 1.62. The number of benzene rings is 1. The molecule has 0 saturated heterocycles. The Morgan fingerprint density at radius 2 is 2.06 bits per heavy atom. The van der Waals surface area contributed by atoms with Crippen molar-refractivity contribution in [1.82, 2.24) is 5.32 Å². The van der Waals surface area contributed by atoms with E-state index < -0.39 is 0 Å².